The molecule has 0 bridgehead atoms. The number of hydrogen-bond donors (Lipinski definition) is 0. The number of rotatable bonds is 2. The van der Waals surface area contributed by atoms with E-state index in [-0.39, 0.29) is 18.1 Å². The maximum absolute atomic E-state index is 12.9. The molecule has 1 aliphatic heterocycles. The molecule has 0 radical (unpaired) electrons. The van der Waals surface area contributed by atoms with Crippen LogP contribution in [-0.2, 0) is 4.74 Å². The zero-order chi connectivity index (χ0) is 15.3. The highest BCUT2D eigenvalue weighted by Crippen LogP contribution is 2.36. The number of amides is 1. The maximum atomic E-state index is 12.9. The monoisotopic (exact) mass is 337 g/mol. The lowest BCUT2D eigenvalue weighted by Gasteiger charge is -2.37. The van der Waals surface area contributed by atoms with E-state index in [1.807, 2.05) is 30.0 Å². The normalized spacial score (nSPS) is 24.7. The fourth-order valence-corrected chi connectivity index (χ4v) is 5.43. The average Bonchev–Trinajstić information content (AvgIpc) is 3.18. The first-order valence-electron chi connectivity index (χ1n) is 7.64. The molecule has 1 saturated carbocycles. The van der Waals surface area contributed by atoms with Gasteiger partial charge in [0.05, 0.1) is 28.3 Å². The molecule has 0 spiro atoms. The van der Waals surface area contributed by atoms with E-state index in [1.165, 1.54) is 11.3 Å². The van der Waals surface area contributed by atoms with Crippen molar-refractivity contribution in [1.29, 1.82) is 0 Å². The second-order valence-corrected chi connectivity index (χ2v) is 8.12. The van der Waals surface area contributed by atoms with Crippen LogP contribution in [0.5, 0.6) is 0 Å². The van der Waals surface area contributed by atoms with E-state index in [2.05, 4.69) is 4.98 Å². The van der Waals surface area contributed by atoms with Crippen LogP contribution >= 0.6 is 22.7 Å². The molecule has 3 heterocycles. The molecular formula is C15H19N3O2S2. The van der Waals surface area contributed by atoms with Crippen LogP contribution in [0.2, 0.25) is 0 Å². The van der Waals surface area contributed by atoms with Crippen LogP contribution in [0.3, 0.4) is 0 Å². The summed E-state index contributed by atoms with van der Waals surface area (Å²) in [5, 5.41) is 0.988. The Bertz CT molecular complexity index is 677. The predicted molar refractivity (Wildman–Crippen MR) is 90.2 cm³/mol. The van der Waals surface area contributed by atoms with Gasteiger partial charge in [-0.3, -0.25) is 4.79 Å². The molecule has 22 heavy (non-hydrogen) atoms. The van der Waals surface area contributed by atoms with Crippen molar-refractivity contribution in [3.05, 3.63) is 10.9 Å². The molecule has 1 saturated heterocycles. The van der Waals surface area contributed by atoms with Crippen molar-refractivity contribution < 1.29 is 9.53 Å². The summed E-state index contributed by atoms with van der Waals surface area (Å²) in [5.41, 5.74) is 0. The number of carbonyl (C=O) groups is 1. The molecule has 4 rings (SSSR count). The number of ether oxygens (including phenoxy) is 1. The number of morpholine rings is 1. The zero-order valence-electron chi connectivity index (χ0n) is 12.7. The van der Waals surface area contributed by atoms with Crippen LogP contribution in [0, 0.1) is 0 Å². The van der Waals surface area contributed by atoms with E-state index >= 15 is 0 Å². The first-order valence-corrected chi connectivity index (χ1v) is 9.27. The standard InChI is InChI=1S/C15H19N3O2S2/c1-17(2)15-16-13-11(22-15)8-12(21-13)14(19)18-6-7-20-10-5-3-4-9(10)18/h8-10H,3-7H2,1-2H3/t9-,10+/m1/s1. The van der Waals surface area contributed by atoms with Gasteiger partial charge in [-0.25, -0.2) is 4.98 Å². The molecule has 2 fully saturated rings. The molecule has 2 aromatic heterocycles. The van der Waals surface area contributed by atoms with E-state index in [0.29, 0.717) is 13.2 Å². The van der Waals surface area contributed by atoms with Crippen LogP contribution in [0.25, 0.3) is 9.53 Å². The number of aromatic nitrogens is 1. The van der Waals surface area contributed by atoms with Crippen molar-refractivity contribution in [1.82, 2.24) is 9.88 Å². The third kappa shape index (κ3) is 2.31. The van der Waals surface area contributed by atoms with E-state index < -0.39 is 0 Å². The van der Waals surface area contributed by atoms with Crippen LogP contribution in [-0.4, -0.2) is 55.2 Å². The van der Waals surface area contributed by atoms with Crippen LogP contribution in [0.1, 0.15) is 28.9 Å². The molecule has 1 amide bonds. The Hall–Kier alpha value is -1.18. The van der Waals surface area contributed by atoms with E-state index in [0.717, 1.165) is 38.8 Å². The lowest BCUT2D eigenvalue weighted by molar-refractivity contribution is -0.0443. The maximum Gasteiger partial charge on any atom is 0.264 e. The summed E-state index contributed by atoms with van der Waals surface area (Å²) >= 11 is 3.15. The van der Waals surface area contributed by atoms with E-state index in [1.54, 1.807) is 11.3 Å². The van der Waals surface area contributed by atoms with Gasteiger partial charge in [0.25, 0.3) is 5.91 Å². The summed E-state index contributed by atoms with van der Waals surface area (Å²) < 4.78 is 6.90. The van der Waals surface area contributed by atoms with Gasteiger partial charge in [-0.15, -0.1) is 11.3 Å². The summed E-state index contributed by atoms with van der Waals surface area (Å²) in [6.07, 6.45) is 3.56. The minimum absolute atomic E-state index is 0.154. The fraction of sp³-hybridized carbons (Fsp3) is 0.600. The van der Waals surface area contributed by atoms with Crippen molar-refractivity contribution in [2.45, 2.75) is 31.4 Å². The van der Waals surface area contributed by atoms with Gasteiger partial charge in [0, 0.05) is 20.6 Å². The number of anilines is 1. The Morgan fingerprint density at radius 3 is 3.05 bits per heavy atom. The SMILES string of the molecule is CN(C)c1nc2sc(C(=O)N3CCO[C@H]4CCC[C@H]43)cc2s1. The lowest BCUT2D eigenvalue weighted by Crippen LogP contribution is -2.51. The Balaban J connectivity index is 1.60. The number of thiophene rings is 1. The highest BCUT2D eigenvalue weighted by atomic mass is 32.1. The smallest absolute Gasteiger partial charge is 0.264 e. The molecule has 2 atom stereocenters. The summed E-state index contributed by atoms with van der Waals surface area (Å²) in [7, 11) is 3.98. The van der Waals surface area contributed by atoms with Gasteiger partial charge in [0.1, 0.15) is 4.83 Å². The van der Waals surface area contributed by atoms with Gasteiger partial charge in [-0.2, -0.15) is 0 Å². The van der Waals surface area contributed by atoms with Crippen LogP contribution < -0.4 is 4.90 Å². The molecule has 118 valence electrons. The Morgan fingerprint density at radius 1 is 1.41 bits per heavy atom. The van der Waals surface area contributed by atoms with Crippen LogP contribution in [0.4, 0.5) is 5.13 Å². The van der Waals surface area contributed by atoms with Gasteiger partial charge >= 0.3 is 0 Å². The quantitative estimate of drug-likeness (QED) is 0.845. The molecule has 5 nitrogen and oxygen atoms in total. The van der Waals surface area contributed by atoms with Gasteiger partial charge in [0.2, 0.25) is 0 Å². The highest BCUT2D eigenvalue weighted by molar-refractivity contribution is 7.29. The van der Waals surface area contributed by atoms with Crippen LogP contribution in [0.15, 0.2) is 6.07 Å². The molecule has 2 aromatic rings. The van der Waals surface area contributed by atoms with Gasteiger partial charge in [-0.1, -0.05) is 11.3 Å². The highest BCUT2D eigenvalue weighted by Gasteiger charge is 2.39. The van der Waals surface area contributed by atoms with Gasteiger partial charge < -0.3 is 14.5 Å². The van der Waals surface area contributed by atoms with Crippen molar-refractivity contribution in [3.63, 3.8) is 0 Å². The first-order chi connectivity index (χ1) is 10.6. The molecule has 2 aliphatic rings. The lowest BCUT2D eigenvalue weighted by atomic mass is 10.1. The number of nitrogens with zero attached hydrogens (tertiary/aromatic N) is 3. The topological polar surface area (TPSA) is 45.7 Å². The number of carbonyl (C=O) groups excluding carboxylic acids is 1. The Kier molecular flexibility index (Phi) is 3.58. The number of thiazole rings is 1. The van der Waals surface area contributed by atoms with Gasteiger partial charge in [0.15, 0.2) is 5.13 Å². The molecule has 0 N–H and O–H groups in total. The van der Waals surface area contributed by atoms with Gasteiger partial charge in [-0.05, 0) is 25.3 Å². The summed E-state index contributed by atoms with van der Waals surface area (Å²) in [6, 6.07) is 2.28. The molecule has 7 heteroatoms. The molecular weight excluding hydrogens is 318 g/mol. The molecule has 1 aliphatic carbocycles. The summed E-state index contributed by atoms with van der Waals surface area (Å²) in [4.78, 5) is 23.3. The summed E-state index contributed by atoms with van der Waals surface area (Å²) in [5.74, 6) is 0.154. The fourth-order valence-electron chi connectivity index (χ4n) is 3.34. The Labute approximate surface area is 137 Å². The third-order valence-electron chi connectivity index (χ3n) is 4.41. The van der Waals surface area contributed by atoms with E-state index in [9.17, 15) is 4.79 Å². The molecule has 0 aromatic carbocycles. The molecule has 0 unspecified atom stereocenters. The summed E-state index contributed by atoms with van der Waals surface area (Å²) in [6.45, 7) is 1.37. The second kappa shape index (κ2) is 5.47. The second-order valence-electron chi connectivity index (χ2n) is 6.08. The Morgan fingerprint density at radius 2 is 2.27 bits per heavy atom. The zero-order valence-corrected chi connectivity index (χ0v) is 14.4. The van der Waals surface area contributed by atoms with Crippen molar-refractivity contribution in [2.75, 3.05) is 32.1 Å². The minimum atomic E-state index is 0.154. The predicted octanol–water partition coefficient (Wildman–Crippen LogP) is 2.82. The van der Waals surface area contributed by atoms with E-state index in [4.69, 9.17) is 4.74 Å². The van der Waals surface area contributed by atoms with Crippen molar-refractivity contribution in [3.8, 4) is 0 Å². The number of hydrogen-bond acceptors (Lipinski definition) is 6. The average molecular weight is 337 g/mol. The first kappa shape index (κ1) is 14.4. The van der Waals surface area contributed by atoms with Crippen molar-refractivity contribution >= 4 is 43.2 Å². The number of fused-ring (bicyclic) bond motifs is 2. The minimum Gasteiger partial charge on any atom is -0.374 e. The third-order valence-corrected chi connectivity index (χ3v) is 6.73. The van der Waals surface area contributed by atoms with Crippen molar-refractivity contribution in [2.24, 2.45) is 0 Å². The largest absolute Gasteiger partial charge is 0.374 e.